The summed E-state index contributed by atoms with van der Waals surface area (Å²) in [5.41, 5.74) is 2.67. The number of benzene rings is 1. The van der Waals surface area contributed by atoms with Gasteiger partial charge in [-0.25, -0.2) is 0 Å². The second kappa shape index (κ2) is 9.28. The molecule has 7 heteroatoms. The second-order valence-corrected chi connectivity index (χ2v) is 6.88. The number of ether oxygens (including phenoxy) is 2. The SMILES string of the molecule is Cc1cc2c(cc1CN1CCN(C3CCNC3)CC1)OCCO2.Cl.Cl. The molecular weight excluding hydrogens is 361 g/mol. The summed E-state index contributed by atoms with van der Waals surface area (Å²) in [4.78, 5) is 5.23. The summed E-state index contributed by atoms with van der Waals surface area (Å²) in [5, 5.41) is 3.48. The van der Waals surface area contributed by atoms with E-state index < -0.39 is 0 Å². The highest BCUT2D eigenvalue weighted by atomic mass is 35.5. The van der Waals surface area contributed by atoms with E-state index in [2.05, 4.69) is 34.2 Å². The van der Waals surface area contributed by atoms with Crippen molar-refractivity contribution < 1.29 is 9.47 Å². The molecule has 0 aromatic heterocycles. The van der Waals surface area contributed by atoms with E-state index in [0.29, 0.717) is 13.2 Å². The minimum Gasteiger partial charge on any atom is -0.486 e. The molecule has 142 valence electrons. The lowest BCUT2D eigenvalue weighted by molar-refractivity contribution is 0.0978. The van der Waals surface area contributed by atoms with E-state index in [1.165, 1.54) is 43.7 Å². The van der Waals surface area contributed by atoms with Crippen molar-refractivity contribution in [3.05, 3.63) is 23.3 Å². The lowest BCUT2D eigenvalue weighted by Crippen LogP contribution is -2.50. The molecule has 1 aromatic carbocycles. The van der Waals surface area contributed by atoms with E-state index in [9.17, 15) is 0 Å². The molecule has 2 fully saturated rings. The van der Waals surface area contributed by atoms with Gasteiger partial charge in [0.25, 0.3) is 0 Å². The Morgan fingerprint density at radius 2 is 1.72 bits per heavy atom. The average molecular weight is 390 g/mol. The Morgan fingerprint density at radius 3 is 2.36 bits per heavy atom. The molecule has 1 unspecified atom stereocenters. The molecule has 25 heavy (non-hydrogen) atoms. The highest BCUT2D eigenvalue weighted by Crippen LogP contribution is 2.33. The van der Waals surface area contributed by atoms with Crippen LogP contribution >= 0.6 is 24.8 Å². The van der Waals surface area contributed by atoms with Crippen molar-refractivity contribution in [2.75, 3.05) is 52.5 Å². The number of piperazine rings is 1. The first-order valence-electron chi connectivity index (χ1n) is 8.86. The molecule has 3 heterocycles. The van der Waals surface area contributed by atoms with E-state index in [1.807, 2.05) is 0 Å². The molecule has 5 nitrogen and oxygen atoms in total. The molecular formula is C18H29Cl2N3O2. The number of hydrogen-bond acceptors (Lipinski definition) is 5. The van der Waals surface area contributed by atoms with E-state index >= 15 is 0 Å². The number of nitrogens with zero attached hydrogens (tertiary/aromatic N) is 2. The highest BCUT2D eigenvalue weighted by Gasteiger charge is 2.26. The van der Waals surface area contributed by atoms with Crippen molar-refractivity contribution in [2.45, 2.75) is 25.9 Å². The number of halogens is 2. The molecule has 0 spiro atoms. The highest BCUT2D eigenvalue weighted by molar-refractivity contribution is 5.85. The second-order valence-electron chi connectivity index (χ2n) is 6.88. The zero-order valence-corrected chi connectivity index (χ0v) is 16.5. The molecule has 0 aliphatic carbocycles. The minimum atomic E-state index is 0. The predicted octanol–water partition coefficient (Wildman–Crippen LogP) is 2.09. The first-order chi connectivity index (χ1) is 11.3. The van der Waals surface area contributed by atoms with Crippen LogP contribution in [-0.4, -0.2) is 68.3 Å². The fraction of sp³-hybridized carbons (Fsp3) is 0.667. The van der Waals surface area contributed by atoms with Gasteiger partial charge >= 0.3 is 0 Å². The van der Waals surface area contributed by atoms with Gasteiger partial charge in [-0.15, -0.1) is 24.8 Å². The zero-order chi connectivity index (χ0) is 15.6. The standard InChI is InChI=1S/C18H27N3O2.2ClH/c1-14-10-17-18(23-9-8-22-17)11-15(14)13-20-4-6-21(7-5-20)16-2-3-19-12-16;;/h10-11,16,19H,2-9,12-13H2,1H3;2*1H. The summed E-state index contributed by atoms with van der Waals surface area (Å²) in [6, 6.07) is 5.06. The van der Waals surface area contributed by atoms with E-state index in [-0.39, 0.29) is 24.8 Å². The number of hydrogen-bond donors (Lipinski definition) is 1. The molecule has 1 aromatic rings. The minimum absolute atomic E-state index is 0. The molecule has 1 atom stereocenters. The van der Waals surface area contributed by atoms with Crippen LogP contribution in [0.1, 0.15) is 17.5 Å². The Labute approximate surface area is 162 Å². The van der Waals surface area contributed by atoms with Crippen molar-refractivity contribution in [3.63, 3.8) is 0 Å². The monoisotopic (exact) mass is 389 g/mol. The van der Waals surface area contributed by atoms with Crippen LogP contribution in [0.4, 0.5) is 0 Å². The van der Waals surface area contributed by atoms with Gasteiger partial charge in [0.15, 0.2) is 11.5 Å². The van der Waals surface area contributed by atoms with Crippen LogP contribution in [0.3, 0.4) is 0 Å². The number of rotatable bonds is 3. The molecule has 4 rings (SSSR count). The van der Waals surface area contributed by atoms with Crippen molar-refractivity contribution in [2.24, 2.45) is 0 Å². The fourth-order valence-electron chi connectivity index (χ4n) is 3.88. The fourth-order valence-corrected chi connectivity index (χ4v) is 3.88. The van der Waals surface area contributed by atoms with Gasteiger partial charge in [-0.3, -0.25) is 9.80 Å². The maximum atomic E-state index is 5.73. The van der Waals surface area contributed by atoms with Crippen molar-refractivity contribution in [1.82, 2.24) is 15.1 Å². The van der Waals surface area contributed by atoms with E-state index in [1.54, 1.807) is 0 Å². The van der Waals surface area contributed by atoms with Gasteiger partial charge in [-0.05, 0) is 43.1 Å². The van der Waals surface area contributed by atoms with Gasteiger partial charge in [-0.1, -0.05) is 0 Å². The Bertz CT molecular complexity index is 559. The predicted molar refractivity (Wildman–Crippen MR) is 105 cm³/mol. The summed E-state index contributed by atoms with van der Waals surface area (Å²) in [6.45, 7) is 11.5. The maximum Gasteiger partial charge on any atom is 0.161 e. The Morgan fingerprint density at radius 1 is 1.04 bits per heavy atom. The van der Waals surface area contributed by atoms with Crippen LogP contribution in [0.5, 0.6) is 11.5 Å². The Kier molecular flexibility index (Phi) is 7.65. The van der Waals surface area contributed by atoms with Crippen LogP contribution in [0.2, 0.25) is 0 Å². The lowest BCUT2D eigenvalue weighted by atomic mass is 10.1. The number of nitrogens with one attached hydrogen (secondary N) is 1. The first kappa shape index (κ1) is 20.6. The summed E-state index contributed by atoms with van der Waals surface area (Å²) in [6.07, 6.45) is 1.31. The molecule has 3 aliphatic heterocycles. The molecule has 3 aliphatic rings. The Hall–Kier alpha value is -0.720. The largest absolute Gasteiger partial charge is 0.486 e. The van der Waals surface area contributed by atoms with Crippen molar-refractivity contribution in [3.8, 4) is 11.5 Å². The molecule has 1 N–H and O–H groups in total. The topological polar surface area (TPSA) is 37.0 Å². The average Bonchev–Trinajstić information content (AvgIpc) is 3.11. The summed E-state index contributed by atoms with van der Waals surface area (Å²) >= 11 is 0. The summed E-state index contributed by atoms with van der Waals surface area (Å²) < 4.78 is 11.4. The lowest BCUT2D eigenvalue weighted by Gasteiger charge is -2.38. The third-order valence-electron chi connectivity index (χ3n) is 5.35. The molecule has 0 amide bonds. The van der Waals surface area contributed by atoms with Gasteiger partial charge in [0, 0.05) is 45.3 Å². The molecule has 2 saturated heterocycles. The third-order valence-corrected chi connectivity index (χ3v) is 5.35. The van der Waals surface area contributed by atoms with Gasteiger partial charge in [0.05, 0.1) is 0 Å². The Balaban J connectivity index is 0.00000113. The molecule has 0 saturated carbocycles. The van der Waals surface area contributed by atoms with E-state index in [0.717, 1.165) is 37.2 Å². The van der Waals surface area contributed by atoms with Crippen LogP contribution < -0.4 is 14.8 Å². The van der Waals surface area contributed by atoms with E-state index in [4.69, 9.17) is 9.47 Å². The smallest absolute Gasteiger partial charge is 0.161 e. The zero-order valence-electron chi connectivity index (χ0n) is 14.8. The van der Waals surface area contributed by atoms with Crippen LogP contribution in [0.15, 0.2) is 12.1 Å². The summed E-state index contributed by atoms with van der Waals surface area (Å²) in [5.74, 6) is 1.81. The molecule has 0 bridgehead atoms. The van der Waals surface area contributed by atoms with Gasteiger partial charge < -0.3 is 14.8 Å². The third kappa shape index (κ3) is 4.72. The number of aryl methyl sites for hydroxylation is 1. The maximum absolute atomic E-state index is 5.73. The van der Waals surface area contributed by atoms with Crippen molar-refractivity contribution >= 4 is 24.8 Å². The summed E-state index contributed by atoms with van der Waals surface area (Å²) in [7, 11) is 0. The van der Waals surface area contributed by atoms with Crippen LogP contribution in [-0.2, 0) is 6.54 Å². The quantitative estimate of drug-likeness (QED) is 0.856. The van der Waals surface area contributed by atoms with Crippen LogP contribution in [0, 0.1) is 6.92 Å². The first-order valence-corrected chi connectivity index (χ1v) is 8.86. The molecule has 0 radical (unpaired) electrons. The van der Waals surface area contributed by atoms with Gasteiger partial charge in [0.1, 0.15) is 13.2 Å². The van der Waals surface area contributed by atoms with Crippen LogP contribution in [0.25, 0.3) is 0 Å². The normalized spacial score (nSPS) is 23.6. The number of fused-ring (bicyclic) bond motifs is 1. The van der Waals surface area contributed by atoms with Crippen molar-refractivity contribution in [1.29, 1.82) is 0 Å². The van der Waals surface area contributed by atoms with Gasteiger partial charge in [0.2, 0.25) is 0 Å². The van der Waals surface area contributed by atoms with Gasteiger partial charge in [-0.2, -0.15) is 0 Å².